The fourth-order valence-electron chi connectivity index (χ4n) is 3.10. The third-order valence-corrected chi connectivity index (χ3v) is 7.45. The lowest BCUT2D eigenvalue weighted by molar-refractivity contribution is -0.385. The lowest BCUT2D eigenvalue weighted by Gasteiger charge is -2.25. The van der Waals surface area contributed by atoms with E-state index in [9.17, 15) is 23.3 Å². The fourth-order valence-corrected chi connectivity index (χ4v) is 4.98. The molecule has 0 saturated carbocycles. The van der Waals surface area contributed by atoms with Gasteiger partial charge in [-0.05, 0) is 44.2 Å². The molecule has 0 unspecified atom stereocenters. The second-order valence-electron chi connectivity index (χ2n) is 7.15. The smallest absolute Gasteiger partial charge is 0.274 e. The first-order chi connectivity index (χ1) is 15.5. The van der Waals surface area contributed by atoms with Gasteiger partial charge in [-0.1, -0.05) is 53.0 Å². The summed E-state index contributed by atoms with van der Waals surface area (Å²) in [6.07, 6.45) is 0. The van der Waals surface area contributed by atoms with E-state index in [0.29, 0.717) is 0 Å². The van der Waals surface area contributed by atoms with Crippen LogP contribution in [0.1, 0.15) is 11.1 Å². The van der Waals surface area contributed by atoms with E-state index in [1.54, 1.807) is 12.1 Å². The van der Waals surface area contributed by atoms with Crippen LogP contribution in [0.5, 0.6) is 0 Å². The predicted molar refractivity (Wildman–Crippen MR) is 129 cm³/mol. The Hall–Kier alpha value is -3.14. The number of rotatable bonds is 7. The number of sulfonamides is 1. The number of amides is 1. The zero-order valence-electron chi connectivity index (χ0n) is 17.6. The van der Waals surface area contributed by atoms with Crippen LogP contribution in [-0.4, -0.2) is 25.8 Å². The first-order valence-electron chi connectivity index (χ1n) is 9.59. The number of hydrogen-bond acceptors (Lipinski definition) is 5. The molecule has 3 aromatic rings. The van der Waals surface area contributed by atoms with Gasteiger partial charge < -0.3 is 5.32 Å². The second kappa shape index (κ2) is 9.78. The van der Waals surface area contributed by atoms with Crippen LogP contribution in [0.3, 0.4) is 0 Å². The number of halogens is 2. The van der Waals surface area contributed by atoms with Gasteiger partial charge in [-0.15, -0.1) is 0 Å². The van der Waals surface area contributed by atoms with Gasteiger partial charge >= 0.3 is 0 Å². The zero-order valence-corrected chi connectivity index (χ0v) is 19.9. The van der Waals surface area contributed by atoms with E-state index < -0.39 is 27.4 Å². The summed E-state index contributed by atoms with van der Waals surface area (Å²) in [6, 6.07) is 14.8. The number of carbonyl (C=O) groups excluding carboxylic acids is 1. The molecule has 172 valence electrons. The van der Waals surface area contributed by atoms with Crippen molar-refractivity contribution in [2.24, 2.45) is 0 Å². The molecule has 8 nitrogen and oxygen atoms in total. The van der Waals surface area contributed by atoms with Crippen molar-refractivity contribution in [3.63, 3.8) is 0 Å². The maximum Gasteiger partial charge on any atom is 0.274 e. The topological polar surface area (TPSA) is 110 Å². The predicted octanol–water partition coefficient (Wildman–Crippen LogP) is 5.35. The minimum atomic E-state index is -4.21. The van der Waals surface area contributed by atoms with Crippen LogP contribution in [0.25, 0.3) is 0 Å². The second-order valence-corrected chi connectivity index (χ2v) is 9.80. The number of carbonyl (C=O) groups is 1. The minimum absolute atomic E-state index is 0.0238. The van der Waals surface area contributed by atoms with Gasteiger partial charge in [-0.25, -0.2) is 8.42 Å². The lowest BCUT2D eigenvalue weighted by atomic mass is 10.1. The molecule has 0 aliphatic heterocycles. The molecule has 1 amide bonds. The van der Waals surface area contributed by atoms with Gasteiger partial charge in [-0.2, -0.15) is 0 Å². The maximum absolute atomic E-state index is 13.5. The highest BCUT2D eigenvalue weighted by molar-refractivity contribution is 7.92. The maximum atomic E-state index is 13.5. The average Bonchev–Trinajstić information content (AvgIpc) is 2.76. The molecule has 3 rings (SSSR count). The Morgan fingerprint density at radius 3 is 2.30 bits per heavy atom. The number of anilines is 2. The van der Waals surface area contributed by atoms with Crippen LogP contribution in [0.2, 0.25) is 10.0 Å². The SMILES string of the molecule is Cc1ccc(S(=O)(=O)N(CC(=O)Nc2cccc([N+](=O)[O-])c2C)c2cccc(Cl)c2Cl)cc1. The molecule has 1 N–H and O–H groups in total. The van der Waals surface area contributed by atoms with Crippen LogP contribution in [0.4, 0.5) is 17.1 Å². The van der Waals surface area contributed by atoms with E-state index in [1.807, 2.05) is 6.92 Å². The Morgan fingerprint density at radius 2 is 1.67 bits per heavy atom. The zero-order chi connectivity index (χ0) is 24.3. The number of nitrogens with zero attached hydrogens (tertiary/aromatic N) is 2. The highest BCUT2D eigenvalue weighted by Crippen LogP contribution is 2.35. The minimum Gasteiger partial charge on any atom is -0.324 e. The molecule has 0 spiro atoms. The highest BCUT2D eigenvalue weighted by atomic mass is 35.5. The van der Waals surface area contributed by atoms with Crippen molar-refractivity contribution in [1.29, 1.82) is 0 Å². The van der Waals surface area contributed by atoms with Gasteiger partial charge in [0.15, 0.2) is 0 Å². The molecule has 0 aliphatic rings. The van der Waals surface area contributed by atoms with Gasteiger partial charge in [0.05, 0.1) is 36.8 Å². The van der Waals surface area contributed by atoms with Crippen LogP contribution in [-0.2, 0) is 14.8 Å². The number of nitro groups is 1. The largest absolute Gasteiger partial charge is 0.324 e. The van der Waals surface area contributed by atoms with E-state index in [2.05, 4.69) is 5.32 Å². The number of aryl methyl sites for hydroxylation is 1. The molecule has 3 aromatic carbocycles. The van der Waals surface area contributed by atoms with Crippen molar-refractivity contribution < 1.29 is 18.1 Å². The van der Waals surface area contributed by atoms with Gasteiger partial charge in [0, 0.05) is 6.07 Å². The molecule has 0 heterocycles. The number of benzene rings is 3. The molecule has 33 heavy (non-hydrogen) atoms. The average molecular weight is 508 g/mol. The van der Waals surface area contributed by atoms with Crippen molar-refractivity contribution in [3.8, 4) is 0 Å². The summed E-state index contributed by atoms with van der Waals surface area (Å²) in [6.45, 7) is 2.66. The van der Waals surface area contributed by atoms with Gasteiger partial charge in [0.25, 0.3) is 15.7 Å². The third-order valence-electron chi connectivity index (χ3n) is 4.87. The Bertz CT molecular complexity index is 1330. The van der Waals surface area contributed by atoms with E-state index in [1.165, 1.54) is 55.5 Å². The fraction of sp³-hybridized carbons (Fsp3) is 0.136. The number of nitrogens with one attached hydrogen (secondary N) is 1. The first kappa shape index (κ1) is 24.5. The number of hydrogen-bond donors (Lipinski definition) is 1. The van der Waals surface area contributed by atoms with Crippen molar-refractivity contribution in [2.75, 3.05) is 16.2 Å². The number of nitro benzene ring substituents is 1. The normalized spacial score (nSPS) is 11.2. The summed E-state index contributed by atoms with van der Waals surface area (Å²) in [4.78, 5) is 23.5. The standard InChI is InChI=1S/C22H19Cl2N3O5S/c1-14-9-11-16(12-10-14)33(31,32)26(20-8-3-5-17(23)22(20)24)13-21(28)25-18-6-4-7-19(15(18)2)27(29)30/h3-12H,13H2,1-2H3,(H,25,28). The Morgan fingerprint density at radius 1 is 1.03 bits per heavy atom. The molecular weight excluding hydrogens is 489 g/mol. The monoisotopic (exact) mass is 507 g/mol. The Labute approximate surface area is 200 Å². The highest BCUT2D eigenvalue weighted by Gasteiger charge is 2.29. The third kappa shape index (κ3) is 5.27. The molecule has 11 heteroatoms. The summed E-state index contributed by atoms with van der Waals surface area (Å²) < 4.78 is 27.8. The van der Waals surface area contributed by atoms with E-state index in [-0.39, 0.29) is 37.6 Å². The Kier molecular flexibility index (Phi) is 7.26. The van der Waals surface area contributed by atoms with Crippen LogP contribution < -0.4 is 9.62 Å². The summed E-state index contributed by atoms with van der Waals surface area (Å²) in [5, 5.41) is 13.8. The van der Waals surface area contributed by atoms with E-state index in [0.717, 1.165) is 9.87 Å². The lowest BCUT2D eigenvalue weighted by Crippen LogP contribution is -2.38. The van der Waals surface area contributed by atoms with E-state index in [4.69, 9.17) is 23.2 Å². The van der Waals surface area contributed by atoms with Crippen LogP contribution >= 0.6 is 23.2 Å². The molecule has 0 saturated heterocycles. The molecule has 0 fully saturated rings. The summed E-state index contributed by atoms with van der Waals surface area (Å²) >= 11 is 12.4. The van der Waals surface area contributed by atoms with Crippen molar-refractivity contribution >= 4 is 56.2 Å². The Balaban J connectivity index is 2.01. The van der Waals surface area contributed by atoms with Crippen LogP contribution in [0.15, 0.2) is 65.6 Å². The molecule has 0 radical (unpaired) electrons. The van der Waals surface area contributed by atoms with Gasteiger partial charge in [-0.3, -0.25) is 19.2 Å². The molecule has 0 bridgehead atoms. The summed E-state index contributed by atoms with van der Waals surface area (Å²) in [5.74, 6) is -0.717. The molecule has 0 aromatic heterocycles. The molecule has 0 aliphatic carbocycles. The van der Waals surface area contributed by atoms with Crippen molar-refractivity contribution in [3.05, 3.63) is 92.0 Å². The first-order valence-corrected chi connectivity index (χ1v) is 11.8. The van der Waals surface area contributed by atoms with Crippen LogP contribution in [0, 0.1) is 24.0 Å². The van der Waals surface area contributed by atoms with Crippen molar-refractivity contribution in [1.82, 2.24) is 0 Å². The van der Waals surface area contributed by atoms with E-state index >= 15 is 0 Å². The summed E-state index contributed by atoms with van der Waals surface area (Å²) in [7, 11) is -4.21. The van der Waals surface area contributed by atoms with Gasteiger partial charge in [0.2, 0.25) is 5.91 Å². The van der Waals surface area contributed by atoms with Gasteiger partial charge in [0.1, 0.15) is 6.54 Å². The molecular formula is C22H19Cl2N3O5S. The molecule has 0 atom stereocenters. The quantitative estimate of drug-likeness (QED) is 0.342. The van der Waals surface area contributed by atoms with Crippen molar-refractivity contribution in [2.45, 2.75) is 18.7 Å². The summed E-state index contributed by atoms with van der Waals surface area (Å²) in [5.41, 5.74) is 1.15.